The first-order valence-corrected chi connectivity index (χ1v) is 5.87. The quantitative estimate of drug-likeness (QED) is 0.291. The van der Waals surface area contributed by atoms with E-state index in [9.17, 15) is 10.1 Å². The third-order valence-electron chi connectivity index (χ3n) is 1.98. The maximum atomic E-state index is 10.5. The van der Waals surface area contributed by atoms with Crippen LogP contribution in [0.1, 0.15) is 19.4 Å². The van der Waals surface area contributed by atoms with Gasteiger partial charge >= 0.3 is 0 Å². The highest BCUT2D eigenvalue weighted by Crippen LogP contribution is 2.06. The van der Waals surface area contributed by atoms with Crippen LogP contribution in [0.4, 0.5) is 0 Å². The molecule has 98 valence electrons. The molecule has 0 aromatic carbocycles. The topological polar surface area (TPSA) is 80.4 Å². The van der Waals surface area contributed by atoms with Gasteiger partial charge in [-0.2, -0.15) is 0 Å². The van der Waals surface area contributed by atoms with Crippen LogP contribution in [0.25, 0.3) is 0 Å². The monoisotopic (exact) mass is 270 g/mol. The van der Waals surface area contributed by atoms with Gasteiger partial charge in [-0.1, -0.05) is 17.7 Å². The summed E-state index contributed by atoms with van der Waals surface area (Å²) in [4.78, 5) is 18.2. The van der Waals surface area contributed by atoms with Gasteiger partial charge in [0.25, 0.3) is 6.54 Å². The van der Waals surface area contributed by atoms with Crippen molar-refractivity contribution in [2.24, 2.45) is 4.99 Å². The van der Waals surface area contributed by atoms with Gasteiger partial charge in [-0.15, -0.1) is 0 Å². The minimum absolute atomic E-state index is 0.104. The predicted molar refractivity (Wildman–Crippen MR) is 70.5 cm³/mol. The van der Waals surface area contributed by atoms with E-state index in [1.165, 1.54) is 0 Å². The molecule has 0 radical (unpaired) electrons. The number of rotatable bonds is 5. The fourth-order valence-corrected chi connectivity index (χ4v) is 1.40. The molecule has 7 heteroatoms. The van der Waals surface area contributed by atoms with Crippen LogP contribution >= 0.6 is 11.6 Å². The fraction of sp³-hybridized carbons (Fsp3) is 0.455. The Labute approximate surface area is 110 Å². The predicted octanol–water partition coefficient (Wildman–Crippen LogP) is 1.91. The standard InChI is InChI=1S/C11H15ClN4O2/c1-8(2)15-11(7-16(17)18)14-6-9-3-4-10(12)13-5-9/h3-5,8H,6-7H2,1-2H3,(H,14,15). The molecule has 1 rings (SSSR count). The number of nitrogens with one attached hydrogen (secondary N) is 1. The summed E-state index contributed by atoms with van der Waals surface area (Å²) in [6.45, 7) is 3.84. The number of halogens is 1. The zero-order valence-electron chi connectivity index (χ0n) is 10.3. The Morgan fingerprint density at radius 1 is 1.61 bits per heavy atom. The van der Waals surface area contributed by atoms with Crippen molar-refractivity contribution in [3.05, 3.63) is 39.2 Å². The number of amidine groups is 1. The summed E-state index contributed by atoms with van der Waals surface area (Å²) in [5.41, 5.74) is 0.853. The van der Waals surface area contributed by atoms with Gasteiger partial charge in [0.15, 0.2) is 5.84 Å². The van der Waals surface area contributed by atoms with Gasteiger partial charge in [-0.05, 0) is 25.5 Å². The number of nitrogens with zero attached hydrogens (tertiary/aromatic N) is 3. The molecule has 0 atom stereocenters. The van der Waals surface area contributed by atoms with Crippen LogP contribution in [0.5, 0.6) is 0 Å². The lowest BCUT2D eigenvalue weighted by Crippen LogP contribution is -2.35. The van der Waals surface area contributed by atoms with E-state index in [-0.39, 0.29) is 12.6 Å². The Morgan fingerprint density at radius 3 is 2.83 bits per heavy atom. The number of pyridine rings is 1. The molecule has 0 unspecified atom stereocenters. The maximum Gasteiger partial charge on any atom is 0.259 e. The molecular weight excluding hydrogens is 256 g/mol. The molecular formula is C11H15ClN4O2. The lowest BCUT2D eigenvalue weighted by molar-refractivity contribution is -0.463. The minimum atomic E-state index is -0.408. The molecule has 0 aliphatic heterocycles. The van der Waals surface area contributed by atoms with Crippen molar-refractivity contribution < 1.29 is 4.92 Å². The first-order valence-electron chi connectivity index (χ1n) is 5.49. The van der Waals surface area contributed by atoms with Crippen LogP contribution in [0.3, 0.4) is 0 Å². The van der Waals surface area contributed by atoms with E-state index in [0.29, 0.717) is 17.5 Å². The molecule has 0 amide bonds. The van der Waals surface area contributed by atoms with Crippen molar-refractivity contribution in [1.82, 2.24) is 10.3 Å². The van der Waals surface area contributed by atoms with E-state index in [2.05, 4.69) is 15.3 Å². The zero-order chi connectivity index (χ0) is 13.5. The number of aromatic nitrogens is 1. The highest BCUT2D eigenvalue weighted by molar-refractivity contribution is 6.29. The smallest absolute Gasteiger partial charge is 0.259 e. The van der Waals surface area contributed by atoms with Crippen LogP contribution in [0, 0.1) is 10.1 Å². The van der Waals surface area contributed by atoms with Crippen LogP contribution in [-0.2, 0) is 6.54 Å². The van der Waals surface area contributed by atoms with Crippen LogP contribution in [-0.4, -0.2) is 28.3 Å². The molecule has 1 aromatic rings. The van der Waals surface area contributed by atoms with E-state index >= 15 is 0 Å². The third-order valence-corrected chi connectivity index (χ3v) is 2.20. The molecule has 18 heavy (non-hydrogen) atoms. The average molecular weight is 271 g/mol. The van der Waals surface area contributed by atoms with E-state index in [1.54, 1.807) is 18.3 Å². The Hall–Kier alpha value is -1.69. The number of hydrogen-bond donors (Lipinski definition) is 1. The van der Waals surface area contributed by atoms with Crippen LogP contribution in [0.2, 0.25) is 5.15 Å². The summed E-state index contributed by atoms with van der Waals surface area (Å²) in [6.07, 6.45) is 1.60. The summed E-state index contributed by atoms with van der Waals surface area (Å²) >= 11 is 5.66. The third kappa shape index (κ3) is 5.58. The highest BCUT2D eigenvalue weighted by Gasteiger charge is 2.08. The largest absolute Gasteiger partial charge is 0.366 e. The summed E-state index contributed by atoms with van der Waals surface area (Å²) in [6, 6.07) is 3.56. The van der Waals surface area contributed by atoms with Crippen molar-refractivity contribution >= 4 is 17.4 Å². The molecule has 0 aliphatic rings. The molecule has 0 bridgehead atoms. The number of hydrogen-bond acceptors (Lipinski definition) is 4. The van der Waals surface area contributed by atoms with E-state index in [1.807, 2.05) is 13.8 Å². The Balaban J connectivity index is 2.69. The van der Waals surface area contributed by atoms with Gasteiger partial charge in [-0.3, -0.25) is 15.1 Å². The van der Waals surface area contributed by atoms with E-state index in [4.69, 9.17) is 11.6 Å². The van der Waals surface area contributed by atoms with Crippen molar-refractivity contribution in [3.8, 4) is 0 Å². The minimum Gasteiger partial charge on any atom is -0.366 e. The number of nitro groups is 1. The lowest BCUT2D eigenvalue weighted by atomic mass is 10.3. The van der Waals surface area contributed by atoms with Crippen molar-refractivity contribution in [1.29, 1.82) is 0 Å². The van der Waals surface area contributed by atoms with Crippen molar-refractivity contribution in [3.63, 3.8) is 0 Å². The van der Waals surface area contributed by atoms with E-state index < -0.39 is 4.92 Å². The van der Waals surface area contributed by atoms with Gasteiger partial charge in [0.05, 0.1) is 6.54 Å². The second kappa shape index (κ2) is 6.90. The summed E-state index contributed by atoms with van der Waals surface area (Å²) < 4.78 is 0. The van der Waals surface area contributed by atoms with Crippen molar-refractivity contribution in [2.75, 3.05) is 6.54 Å². The Kier molecular flexibility index (Phi) is 5.51. The molecule has 6 nitrogen and oxygen atoms in total. The number of aliphatic imine (C=N–C) groups is 1. The summed E-state index contributed by atoms with van der Waals surface area (Å²) in [5, 5.41) is 13.9. The van der Waals surface area contributed by atoms with Gasteiger partial charge in [-0.25, -0.2) is 4.98 Å². The van der Waals surface area contributed by atoms with Gasteiger partial charge < -0.3 is 5.32 Å². The summed E-state index contributed by atoms with van der Waals surface area (Å²) in [7, 11) is 0. The molecule has 1 aromatic heterocycles. The molecule has 0 fully saturated rings. The van der Waals surface area contributed by atoms with Crippen molar-refractivity contribution in [2.45, 2.75) is 26.4 Å². The van der Waals surface area contributed by atoms with Gasteiger partial charge in [0.1, 0.15) is 5.15 Å². The molecule has 0 saturated heterocycles. The van der Waals surface area contributed by atoms with Crippen LogP contribution in [0.15, 0.2) is 23.3 Å². The molecule has 0 aliphatic carbocycles. The van der Waals surface area contributed by atoms with E-state index in [0.717, 1.165) is 5.56 Å². The zero-order valence-corrected chi connectivity index (χ0v) is 11.0. The first kappa shape index (κ1) is 14.4. The second-order valence-corrected chi connectivity index (χ2v) is 4.43. The fourth-order valence-electron chi connectivity index (χ4n) is 1.28. The summed E-state index contributed by atoms with van der Waals surface area (Å²) in [5.74, 6) is 0.366. The lowest BCUT2D eigenvalue weighted by Gasteiger charge is -2.09. The highest BCUT2D eigenvalue weighted by atomic mass is 35.5. The molecule has 0 spiro atoms. The SMILES string of the molecule is CC(C)NC(C[N+](=O)[O-])=NCc1ccc(Cl)nc1. The first-order chi connectivity index (χ1) is 8.47. The van der Waals surface area contributed by atoms with Crippen LogP contribution < -0.4 is 5.32 Å². The Morgan fingerprint density at radius 2 is 2.33 bits per heavy atom. The second-order valence-electron chi connectivity index (χ2n) is 4.04. The average Bonchev–Trinajstić information content (AvgIpc) is 2.26. The molecule has 0 saturated carbocycles. The Bertz CT molecular complexity index is 431. The normalized spacial score (nSPS) is 11.7. The molecule has 1 heterocycles. The molecule has 1 N–H and O–H groups in total. The van der Waals surface area contributed by atoms with Gasteiger partial charge in [0, 0.05) is 17.2 Å². The van der Waals surface area contributed by atoms with Gasteiger partial charge in [0.2, 0.25) is 0 Å². The maximum absolute atomic E-state index is 10.5.